The number of likely N-dealkylation sites (tertiary alicyclic amines) is 1. The van der Waals surface area contributed by atoms with E-state index < -0.39 is 5.41 Å². The molecule has 4 aliphatic rings. The highest BCUT2D eigenvalue weighted by Gasteiger charge is 2.53. The molecule has 1 aromatic rings. The largest absolute Gasteiger partial charge is 0.379 e. The van der Waals surface area contributed by atoms with Crippen LogP contribution in [0.2, 0.25) is 0 Å². The van der Waals surface area contributed by atoms with Crippen molar-refractivity contribution >= 4 is 11.8 Å². The van der Waals surface area contributed by atoms with Crippen molar-refractivity contribution < 1.29 is 14.3 Å². The summed E-state index contributed by atoms with van der Waals surface area (Å²) in [4.78, 5) is 31.5. The van der Waals surface area contributed by atoms with Gasteiger partial charge in [-0.15, -0.1) is 0 Å². The second kappa shape index (κ2) is 9.14. The minimum atomic E-state index is -0.481. The summed E-state index contributed by atoms with van der Waals surface area (Å²) in [5.41, 5.74) is 2.31. The quantitative estimate of drug-likeness (QED) is 0.724. The van der Waals surface area contributed by atoms with Crippen molar-refractivity contribution in [1.29, 1.82) is 0 Å². The van der Waals surface area contributed by atoms with Crippen LogP contribution in [-0.2, 0) is 22.4 Å². The molecule has 2 N–H and O–H groups in total. The van der Waals surface area contributed by atoms with Crippen LogP contribution in [0.4, 0.5) is 0 Å². The van der Waals surface area contributed by atoms with Gasteiger partial charge >= 0.3 is 0 Å². The van der Waals surface area contributed by atoms with Gasteiger partial charge in [0.15, 0.2) is 5.69 Å². The van der Waals surface area contributed by atoms with Gasteiger partial charge in [-0.3, -0.25) is 19.6 Å². The predicted octanol–water partition coefficient (Wildman–Crippen LogP) is 1.76. The molecule has 1 aromatic heterocycles. The number of nitrogens with one attached hydrogen (secondary N) is 2. The molecule has 32 heavy (non-hydrogen) atoms. The highest BCUT2D eigenvalue weighted by Crippen LogP contribution is 2.48. The van der Waals surface area contributed by atoms with Gasteiger partial charge in [0, 0.05) is 50.0 Å². The summed E-state index contributed by atoms with van der Waals surface area (Å²) >= 11 is 0. The third kappa shape index (κ3) is 3.85. The van der Waals surface area contributed by atoms with Gasteiger partial charge in [0.1, 0.15) is 0 Å². The fourth-order valence-corrected chi connectivity index (χ4v) is 6.51. The lowest BCUT2D eigenvalue weighted by Crippen LogP contribution is -2.61. The molecule has 0 spiro atoms. The van der Waals surface area contributed by atoms with Crippen molar-refractivity contribution in [3.63, 3.8) is 0 Å². The predicted molar refractivity (Wildman–Crippen MR) is 120 cm³/mol. The highest BCUT2D eigenvalue weighted by atomic mass is 16.5. The summed E-state index contributed by atoms with van der Waals surface area (Å²) in [6.45, 7) is 7.59. The van der Waals surface area contributed by atoms with Crippen molar-refractivity contribution in [1.82, 2.24) is 25.3 Å². The number of aromatic amines is 1. The zero-order valence-corrected chi connectivity index (χ0v) is 19.3. The molecule has 8 heteroatoms. The van der Waals surface area contributed by atoms with Crippen LogP contribution in [0.1, 0.15) is 67.2 Å². The topological polar surface area (TPSA) is 90.6 Å². The second-order valence-electron chi connectivity index (χ2n) is 10.1. The molecule has 2 amide bonds. The number of nitrogens with zero attached hydrogens (tertiary/aromatic N) is 3. The van der Waals surface area contributed by atoms with Gasteiger partial charge < -0.3 is 15.0 Å². The molecule has 3 fully saturated rings. The number of carbonyl (C=O) groups is 2. The molecule has 5 rings (SSSR count). The summed E-state index contributed by atoms with van der Waals surface area (Å²) in [7, 11) is 0. The standard InChI is InChI=1S/C24H37N5O3/c1-2-9-25-23(31)24-8-6-18(28-11-13-32-14-12-28)15-17(24)7-10-29(16-24)22(30)21-19-4-3-5-20(19)26-27-21/h17-18H,2-16H2,1H3,(H,25,31)(H,26,27)/t17-,18+,24-/m1/s1. The van der Waals surface area contributed by atoms with E-state index in [0.29, 0.717) is 37.3 Å². The molecule has 0 bridgehead atoms. The Bertz CT molecular complexity index is 849. The molecule has 176 valence electrons. The highest BCUT2D eigenvalue weighted by molar-refractivity contribution is 5.95. The lowest BCUT2D eigenvalue weighted by molar-refractivity contribution is -0.143. The fraction of sp³-hybridized carbons (Fsp3) is 0.792. The number of fused-ring (bicyclic) bond motifs is 2. The fourth-order valence-electron chi connectivity index (χ4n) is 6.51. The van der Waals surface area contributed by atoms with Gasteiger partial charge in [-0.25, -0.2) is 0 Å². The Balaban J connectivity index is 1.35. The van der Waals surface area contributed by atoms with E-state index in [1.165, 1.54) is 0 Å². The molecule has 0 unspecified atom stereocenters. The van der Waals surface area contributed by atoms with Crippen LogP contribution in [0.25, 0.3) is 0 Å². The first-order valence-corrected chi connectivity index (χ1v) is 12.6. The molecule has 3 atom stereocenters. The Morgan fingerprint density at radius 3 is 2.88 bits per heavy atom. The van der Waals surface area contributed by atoms with E-state index in [2.05, 4.69) is 27.3 Å². The first-order valence-electron chi connectivity index (χ1n) is 12.6. The maximum Gasteiger partial charge on any atom is 0.274 e. The molecule has 0 aromatic carbocycles. The maximum absolute atomic E-state index is 13.5. The van der Waals surface area contributed by atoms with E-state index in [1.807, 2.05) is 4.90 Å². The van der Waals surface area contributed by atoms with E-state index >= 15 is 0 Å². The van der Waals surface area contributed by atoms with Crippen molar-refractivity contribution in [2.75, 3.05) is 45.9 Å². The van der Waals surface area contributed by atoms with Crippen LogP contribution in [0.15, 0.2) is 0 Å². The lowest BCUT2D eigenvalue weighted by atomic mass is 9.60. The maximum atomic E-state index is 13.5. The Morgan fingerprint density at radius 2 is 2.06 bits per heavy atom. The molecule has 2 saturated heterocycles. The number of amides is 2. The Kier molecular flexibility index (Phi) is 6.25. The molecule has 1 saturated carbocycles. The molecular formula is C24H37N5O3. The van der Waals surface area contributed by atoms with Crippen LogP contribution in [-0.4, -0.2) is 83.8 Å². The zero-order chi connectivity index (χ0) is 22.1. The number of ether oxygens (including phenoxy) is 1. The number of rotatable bonds is 5. The van der Waals surface area contributed by atoms with E-state index in [9.17, 15) is 9.59 Å². The van der Waals surface area contributed by atoms with Crippen LogP contribution in [0.5, 0.6) is 0 Å². The second-order valence-corrected chi connectivity index (χ2v) is 10.1. The van der Waals surface area contributed by atoms with Gasteiger partial charge in [-0.1, -0.05) is 6.92 Å². The van der Waals surface area contributed by atoms with Gasteiger partial charge in [0.25, 0.3) is 5.91 Å². The Hall–Kier alpha value is -1.93. The average molecular weight is 444 g/mol. The first kappa shape index (κ1) is 21.9. The zero-order valence-electron chi connectivity index (χ0n) is 19.3. The molecular weight excluding hydrogens is 406 g/mol. The molecule has 2 aliphatic heterocycles. The summed E-state index contributed by atoms with van der Waals surface area (Å²) < 4.78 is 5.55. The molecule has 3 heterocycles. The molecule has 2 aliphatic carbocycles. The number of carbonyl (C=O) groups excluding carboxylic acids is 2. The number of morpholine rings is 1. The van der Waals surface area contributed by atoms with Gasteiger partial charge in [0.05, 0.1) is 18.6 Å². The normalized spacial score (nSPS) is 30.6. The summed E-state index contributed by atoms with van der Waals surface area (Å²) in [6, 6.07) is 0.521. The van der Waals surface area contributed by atoms with Gasteiger partial charge in [0.2, 0.25) is 5.91 Å². The van der Waals surface area contributed by atoms with E-state index in [0.717, 1.165) is 88.9 Å². The van der Waals surface area contributed by atoms with Gasteiger partial charge in [-0.05, 0) is 57.3 Å². The Morgan fingerprint density at radius 1 is 1.22 bits per heavy atom. The van der Waals surface area contributed by atoms with E-state index in [1.54, 1.807) is 0 Å². The number of aryl methyl sites for hydroxylation is 1. The van der Waals surface area contributed by atoms with Crippen LogP contribution < -0.4 is 5.32 Å². The SMILES string of the molecule is CCCNC(=O)[C@@]12CC[C@H](N3CCOCC3)C[C@H]1CCN(C(=O)c1n[nH]c3c1CCC3)C2. The molecule has 0 radical (unpaired) electrons. The van der Waals surface area contributed by atoms with Crippen LogP contribution in [0, 0.1) is 11.3 Å². The van der Waals surface area contributed by atoms with Crippen LogP contribution >= 0.6 is 0 Å². The minimum absolute atomic E-state index is 0.000759. The number of H-pyrrole nitrogens is 1. The first-order chi connectivity index (χ1) is 15.6. The summed E-state index contributed by atoms with van der Waals surface area (Å²) in [5, 5.41) is 10.6. The van der Waals surface area contributed by atoms with Crippen molar-refractivity contribution in [2.24, 2.45) is 11.3 Å². The summed E-state index contributed by atoms with van der Waals surface area (Å²) in [6.07, 6.45) is 7.69. The third-order valence-corrected chi connectivity index (χ3v) is 8.33. The monoisotopic (exact) mass is 443 g/mol. The average Bonchev–Trinajstić information content (AvgIpc) is 3.46. The number of hydrogen-bond acceptors (Lipinski definition) is 5. The third-order valence-electron chi connectivity index (χ3n) is 8.33. The van der Waals surface area contributed by atoms with Crippen molar-refractivity contribution in [3.05, 3.63) is 17.0 Å². The summed E-state index contributed by atoms with van der Waals surface area (Å²) in [5.74, 6) is 0.463. The van der Waals surface area contributed by atoms with E-state index in [4.69, 9.17) is 4.74 Å². The molecule has 8 nitrogen and oxygen atoms in total. The smallest absolute Gasteiger partial charge is 0.274 e. The van der Waals surface area contributed by atoms with Crippen LogP contribution in [0.3, 0.4) is 0 Å². The van der Waals surface area contributed by atoms with Gasteiger partial charge in [-0.2, -0.15) is 5.10 Å². The van der Waals surface area contributed by atoms with Crippen molar-refractivity contribution in [3.8, 4) is 0 Å². The number of piperidine rings is 1. The Labute approximate surface area is 190 Å². The number of aromatic nitrogens is 2. The van der Waals surface area contributed by atoms with E-state index in [-0.39, 0.29) is 11.8 Å². The van der Waals surface area contributed by atoms with Crippen molar-refractivity contribution in [2.45, 2.75) is 64.3 Å². The number of hydrogen-bond donors (Lipinski definition) is 2. The lowest BCUT2D eigenvalue weighted by Gasteiger charge is -2.53. The minimum Gasteiger partial charge on any atom is -0.379 e.